The first kappa shape index (κ1) is 14.7. The van der Waals surface area contributed by atoms with E-state index in [9.17, 15) is 4.39 Å². The van der Waals surface area contributed by atoms with E-state index in [2.05, 4.69) is 5.32 Å². The fourth-order valence-electron chi connectivity index (χ4n) is 2.11. The lowest BCUT2D eigenvalue weighted by molar-refractivity contribution is 0.407. The highest BCUT2D eigenvalue weighted by atomic mass is 35.5. The molecule has 4 heteroatoms. The Labute approximate surface area is 123 Å². The Morgan fingerprint density at radius 2 is 1.95 bits per heavy atom. The number of halogens is 2. The summed E-state index contributed by atoms with van der Waals surface area (Å²) in [5.41, 5.74) is 2.49. The van der Waals surface area contributed by atoms with Crippen LogP contribution in [0.5, 0.6) is 5.75 Å². The molecule has 0 aliphatic rings. The molecule has 0 radical (unpaired) electrons. The van der Waals surface area contributed by atoms with E-state index in [-0.39, 0.29) is 11.9 Å². The average Bonchev–Trinajstić information content (AvgIpc) is 2.42. The van der Waals surface area contributed by atoms with Crippen molar-refractivity contribution in [1.29, 1.82) is 0 Å². The van der Waals surface area contributed by atoms with E-state index in [1.54, 1.807) is 13.2 Å². The van der Waals surface area contributed by atoms with Crippen LogP contribution in [-0.2, 0) is 0 Å². The zero-order valence-corrected chi connectivity index (χ0v) is 12.5. The van der Waals surface area contributed by atoms with Crippen LogP contribution in [0.15, 0.2) is 36.4 Å². The molecule has 0 aliphatic heterocycles. The van der Waals surface area contributed by atoms with Gasteiger partial charge in [0, 0.05) is 10.6 Å². The van der Waals surface area contributed by atoms with Crippen LogP contribution in [0.1, 0.15) is 24.1 Å². The normalized spacial score (nSPS) is 12.1. The minimum absolute atomic E-state index is 0.0992. The molecule has 0 aliphatic carbocycles. The van der Waals surface area contributed by atoms with E-state index in [1.807, 2.05) is 32.0 Å². The fraction of sp³-hybridized carbons (Fsp3) is 0.250. The third-order valence-electron chi connectivity index (χ3n) is 3.15. The molecule has 1 unspecified atom stereocenters. The SMILES string of the molecule is COc1ccc(C)cc1C(C)Nc1cc(Cl)ccc1F. The van der Waals surface area contributed by atoms with Gasteiger partial charge in [0.15, 0.2) is 0 Å². The Kier molecular flexibility index (Phi) is 4.50. The number of hydrogen-bond acceptors (Lipinski definition) is 2. The van der Waals surface area contributed by atoms with Gasteiger partial charge in [0.05, 0.1) is 18.8 Å². The summed E-state index contributed by atoms with van der Waals surface area (Å²) in [5.74, 6) is 0.450. The summed E-state index contributed by atoms with van der Waals surface area (Å²) in [6, 6.07) is 10.3. The Hall–Kier alpha value is -1.74. The van der Waals surface area contributed by atoms with Gasteiger partial charge in [-0.1, -0.05) is 29.3 Å². The van der Waals surface area contributed by atoms with E-state index in [4.69, 9.17) is 16.3 Å². The van der Waals surface area contributed by atoms with Gasteiger partial charge in [-0.05, 0) is 38.1 Å². The van der Waals surface area contributed by atoms with Crippen LogP contribution >= 0.6 is 11.6 Å². The summed E-state index contributed by atoms with van der Waals surface area (Å²) < 4.78 is 19.1. The van der Waals surface area contributed by atoms with Gasteiger partial charge in [-0.2, -0.15) is 0 Å². The molecule has 2 aromatic rings. The quantitative estimate of drug-likeness (QED) is 0.859. The van der Waals surface area contributed by atoms with Crippen molar-refractivity contribution < 1.29 is 9.13 Å². The van der Waals surface area contributed by atoms with Crippen molar-refractivity contribution in [3.63, 3.8) is 0 Å². The largest absolute Gasteiger partial charge is 0.496 e. The molecule has 2 aromatic carbocycles. The minimum Gasteiger partial charge on any atom is -0.496 e. The van der Waals surface area contributed by atoms with Crippen LogP contribution in [-0.4, -0.2) is 7.11 Å². The summed E-state index contributed by atoms with van der Waals surface area (Å²) in [6.07, 6.45) is 0. The van der Waals surface area contributed by atoms with Crippen LogP contribution in [0.3, 0.4) is 0 Å². The second-order valence-electron chi connectivity index (χ2n) is 4.74. The van der Waals surface area contributed by atoms with E-state index >= 15 is 0 Å². The van der Waals surface area contributed by atoms with Gasteiger partial charge in [-0.25, -0.2) is 4.39 Å². The molecule has 1 atom stereocenters. The maximum absolute atomic E-state index is 13.8. The van der Waals surface area contributed by atoms with Crippen molar-refractivity contribution in [2.45, 2.75) is 19.9 Å². The van der Waals surface area contributed by atoms with Gasteiger partial charge in [-0.15, -0.1) is 0 Å². The topological polar surface area (TPSA) is 21.3 Å². The highest BCUT2D eigenvalue weighted by Crippen LogP contribution is 2.30. The lowest BCUT2D eigenvalue weighted by Gasteiger charge is -2.19. The lowest BCUT2D eigenvalue weighted by atomic mass is 10.0. The summed E-state index contributed by atoms with van der Waals surface area (Å²) in [7, 11) is 1.63. The lowest BCUT2D eigenvalue weighted by Crippen LogP contribution is -2.09. The molecule has 0 fully saturated rings. The highest BCUT2D eigenvalue weighted by Gasteiger charge is 2.13. The molecule has 20 heavy (non-hydrogen) atoms. The van der Waals surface area contributed by atoms with Crippen LogP contribution in [0.4, 0.5) is 10.1 Å². The molecule has 106 valence electrons. The third kappa shape index (κ3) is 3.23. The molecule has 0 amide bonds. The summed E-state index contributed by atoms with van der Waals surface area (Å²) >= 11 is 5.90. The highest BCUT2D eigenvalue weighted by molar-refractivity contribution is 6.30. The van der Waals surface area contributed by atoms with Gasteiger partial charge in [-0.3, -0.25) is 0 Å². The first-order chi connectivity index (χ1) is 9.51. The molecule has 0 saturated carbocycles. The molecular weight excluding hydrogens is 277 g/mol. The van der Waals surface area contributed by atoms with Crippen LogP contribution in [0.25, 0.3) is 0 Å². The average molecular weight is 294 g/mol. The fourth-order valence-corrected chi connectivity index (χ4v) is 2.28. The van der Waals surface area contributed by atoms with Crippen LogP contribution < -0.4 is 10.1 Å². The van der Waals surface area contributed by atoms with E-state index in [0.29, 0.717) is 10.7 Å². The van der Waals surface area contributed by atoms with E-state index < -0.39 is 0 Å². The monoisotopic (exact) mass is 293 g/mol. The van der Waals surface area contributed by atoms with Gasteiger partial charge >= 0.3 is 0 Å². The number of aryl methyl sites for hydroxylation is 1. The number of anilines is 1. The molecule has 0 bridgehead atoms. The zero-order valence-electron chi connectivity index (χ0n) is 11.7. The van der Waals surface area contributed by atoms with Crippen molar-refractivity contribution in [3.8, 4) is 5.75 Å². The molecule has 0 heterocycles. The number of nitrogens with one attached hydrogen (secondary N) is 1. The standard InChI is InChI=1S/C16H17ClFNO/c1-10-4-7-16(20-3)13(8-10)11(2)19-15-9-12(17)5-6-14(15)18/h4-9,11,19H,1-3H3. The Balaban J connectivity index is 2.30. The molecule has 0 spiro atoms. The molecule has 1 N–H and O–H groups in total. The Morgan fingerprint density at radius 3 is 2.65 bits per heavy atom. The number of ether oxygens (including phenoxy) is 1. The molecule has 0 aromatic heterocycles. The van der Waals surface area contributed by atoms with Crippen molar-refractivity contribution >= 4 is 17.3 Å². The summed E-state index contributed by atoms with van der Waals surface area (Å²) in [6.45, 7) is 3.97. The van der Waals surface area contributed by atoms with Crippen LogP contribution in [0, 0.1) is 12.7 Å². The molecular formula is C16H17ClFNO. The zero-order chi connectivity index (χ0) is 14.7. The van der Waals surface area contributed by atoms with Gasteiger partial charge < -0.3 is 10.1 Å². The van der Waals surface area contributed by atoms with Gasteiger partial charge in [0.2, 0.25) is 0 Å². The van der Waals surface area contributed by atoms with Gasteiger partial charge in [0.1, 0.15) is 11.6 Å². The maximum atomic E-state index is 13.8. The maximum Gasteiger partial charge on any atom is 0.146 e. The number of methoxy groups -OCH3 is 1. The number of hydrogen-bond donors (Lipinski definition) is 1. The Bertz CT molecular complexity index is 615. The first-order valence-electron chi connectivity index (χ1n) is 6.37. The van der Waals surface area contributed by atoms with E-state index in [0.717, 1.165) is 16.9 Å². The third-order valence-corrected chi connectivity index (χ3v) is 3.39. The van der Waals surface area contributed by atoms with Crippen molar-refractivity contribution in [3.05, 3.63) is 58.4 Å². The van der Waals surface area contributed by atoms with Crippen molar-refractivity contribution in [2.24, 2.45) is 0 Å². The minimum atomic E-state index is -0.326. The Morgan fingerprint density at radius 1 is 1.20 bits per heavy atom. The predicted molar refractivity (Wildman–Crippen MR) is 81.2 cm³/mol. The smallest absolute Gasteiger partial charge is 0.146 e. The second-order valence-corrected chi connectivity index (χ2v) is 5.17. The van der Waals surface area contributed by atoms with Gasteiger partial charge in [0.25, 0.3) is 0 Å². The summed E-state index contributed by atoms with van der Waals surface area (Å²) in [5, 5.41) is 3.63. The predicted octanol–water partition coefficient (Wildman–Crippen LogP) is 4.97. The van der Waals surface area contributed by atoms with Crippen molar-refractivity contribution in [1.82, 2.24) is 0 Å². The number of benzene rings is 2. The van der Waals surface area contributed by atoms with Crippen molar-refractivity contribution in [2.75, 3.05) is 12.4 Å². The molecule has 2 rings (SSSR count). The first-order valence-corrected chi connectivity index (χ1v) is 6.75. The van der Waals surface area contributed by atoms with E-state index in [1.165, 1.54) is 12.1 Å². The molecule has 2 nitrogen and oxygen atoms in total. The second kappa shape index (κ2) is 6.14. The number of rotatable bonds is 4. The summed E-state index contributed by atoms with van der Waals surface area (Å²) in [4.78, 5) is 0. The van der Waals surface area contributed by atoms with Crippen LogP contribution in [0.2, 0.25) is 5.02 Å². The molecule has 0 saturated heterocycles.